The summed E-state index contributed by atoms with van der Waals surface area (Å²) in [6.07, 6.45) is 4.68. The number of furan rings is 1. The van der Waals surface area contributed by atoms with Crippen LogP contribution in [0.15, 0.2) is 21.6 Å². The first-order valence-electron chi connectivity index (χ1n) is 5.82. The maximum Gasteiger partial charge on any atom is 0.271 e. The summed E-state index contributed by atoms with van der Waals surface area (Å²) in [6.45, 7) is 2.70. The average Bonchev–Trinajstić information content (AvgIpc) is 2.65. The van der Waals surface area contributed by atoms with Gasteiger partial charge in [-0.15, -0.1) is 0 Å². The zero-order chi connectivity index (χ0) is 12.5. The van der Waals surface area contributed by atoms with Gasteiger partial charge >= 0.3 is 0 Å². The van der Waals surface area contributed by atoms with Gasteiger partial charge in [0.15, 0.2) is 0 Å². The number of nitrogens with one attached hydrogen (secondary N) is 1. The lowest BCUT2D eigenvalue weighted by molar-refractivity contribution is 0.170. The van der Waals surface area contributed by atoms with E-state index in [0.29, 0.717) is 12.3 Å². The number of nitrogens with two attached hydrogens (primary N) is 1. The molecular formula is C11H18N2O3S. The molecule has 6 heteroatoms. The van der Waals surface area contributed by atoms with Gasteiger partial charge in [-0.05, 0) is 37.8 Å². The highest BCUT2D eigenvalue weighted by Crippen LogP contribution is 2.34. The molecule has 1 heterocycles. The number of hydrogen-bond acceptors (Lipinski definition) is 4. The largest absolute Gasteiger partial charge is 0.447 e. The van der Waals surface area contributed by atoms with Crippen LogP contribution >= 0.6 is 0 Å². The second-order valence-corrected chi connectivity index (χ2v) is 6.10. The molecule has 0 unspecified atom stereocenters. The minimum Gasteiger partial charge on any atom is -0.447 e. The summed E-state index contributed by atoms with van der Waals surface area (Å²) in [7, 11) is -3.73. The van der Waals surface area contributed by atoms with Crippen molar-refractivity contribution in [2.45, 2.75) is 49.8 Å². The monoisotopic (exact) mass is 258 g/mol. The Bertz CT molecular complexity index is 483. The van der Waals surface area contributed by atoms with E-state index in [1.54, 1.807) is 6.07 Å². The number of rotatable bonds is 5. The van der Waals surface area contributed by atoms with Crippen molar-refractivity contribution in [3.05, 3.63) is 17.9 Å². The van der Waals surface area contributed by atoms with Crippen LogP contribution in [-0.2, 0) is 16.6 Å². The van der Waals surface area contributed by atoms with E-state index >= 15 is 0 Å². The average molecular weight is 258 g/mol. The molecule has 1 aromatic rings. The van der Waals surface area contributed by atoms with Crippen molar-refractivity contribution < 1.29 is 12.8 Å². The highest BCUT2D eigenvalue weighted by molar-refractivity contribution is 7.89. The third-order valence-corrected chi connectivity index (χ3v) is 4.32. The van der Waals surface area contributed by atoms with E-state index < -0.39 is 10.0 Å². The van der Waals surface area contributed by atoms with Crippen molar-refractivity contribution in [2.24, 2.45) is 5.14 Å². The molecule has 1 saturated carbocycles. The Labute approximate surface area is 101 Å². The van der Waals surface area contributed by atoms with Crippen molar-refractivity contribution in [1.29, 1.82) is 0 Å². The molecule has 1 aliphatic rings. The molecule has 0 atom stereocenters. The summed E-state index contributed by atoms with van der Waals surface area (Å²) in [5.74, 6) is 0.605. The molecule has 1 aromatic heterocycles. The lowest BCUT2D eigenvalue weighted by atomic mass is 9.75. The highest BCUT2D eigenvalue weighted by Gasteiger charge is 2.34. The third-order valence-electron chi connectivity index (χ3n) is 3.54. The van der Waals surface area contributed by atoms with Crippen molar-refractivity contribution in [1.82, 2.24) is 5.32 Å². The second-order valence-electron chi connectivity index (χ2n) is 4.61. The second kappa shape index (κ2) is 4.44. The van der Waals surface area contributed by atoms with E-state index in [9.17, 15) is 8.42 Å². The topological polar surface area (TPSA) is 85.3 Å². The Morgan fingerprint density at radius 2 is 2.18 bits per heavy atom. The van der Waals surface area contributed by atoms with Gasteiger partial charge in [0.1, 0.15) is 5.76 Å². The highest BCUT2D eigenvalue weighted by atomic mass is 32.2. The summed E-state index contributed by atoms with van der Waals surface area (Å²) < 4.78 is 27.3. The molecule has 96 valence electrons. The molecule has 17 heavy (non-hydrogen) atoms. The van der Waals surface area contributed by atoms with Crippen molar-refractivity contribution in [2.75, 3.05) is 0 Å². The standard InChI is InChI=1S/C11H18N2O3S/c1-2-11(6-3-7-11)13-8-9-4-5-10(16-9)17(12,14)15/h4-5,13H,2-3,6-8H2,1H3,(H2,12,14,15). The lowest BCUT2D eigenvalue weighted by Crippen LogP contribution is -2.49. The van der Waals surface area contributed by atoms with Crippen LogP contribution in [0.2, 0.25) is 0 Å². The third kappa shape index (κ3) is 2.70. The smallest absolute Gasteiger partial charge is 0.271 e. The zero-order valence-electron chi connectivity index (χ0n) is 9.90. The van der Waals surface area contributed by atoms with E-state index in [0.717, 1.165) is 6.42 Å². The molecule has 0 amide bonds. The first-order valence-corrected chi connectivity index (χ1v) is 7.36. The molecule has 0 bridgehead atoms. The van der Waals surface area contributed by atoms with E-state index in [1.165, 1.54) is 25.3 Å². The van der Waals surface area contributed by atoms with Crippen LogP contribution in [0.5, 0.6) is 0 Å². The van der Waals surface area contributed by atoms with E-state index in [-0.39, 0.29) is 10.6 Å². The summed E-state index contributed by atoms with van der Waals surface area (Å²) >= 11 is 0. The zero-order valence-corrected chi connectivity index (χ0v) is 10.7. The maximum absolute atomic E-state index is 11.0. The summed E-state index contributed by atoms with van der Waals surface area (Å²) in [6, 6.07) is 3.04. The van der Waals surface area contributed by atoms with Gasteiger partial charge in [-0.1, -0.05) is 6.92 Å². The number of sulfonamides is 1. The molecule has 0 aromatic carbocycles. The Morgan fingerprint density at radius 3 is 2.59 bits per heavy atom. The molecule has 0 aliphatic heterocycles. The van der Waals surface area contributed by atoms with Gasteiger partial charge in [0.05, 0.1) is 6.54 Å². The van der Waals surface area contributed by atoms with Gasteiger partial charge in [-0.2, -0.15) is 0 Å². The fourth-order valence-electron chi connectivity index (χ4n) is 2.14. The molecule has 0 radical (unpaired) electrons. The predicted octanol–water partition coefficient (Wildman–Crippen LogP) is 1.35. The van der Waals surface area contributed by atoms with Gasteiger partial charge in [-0.3, -0.25) is 0 Å². The summed E-state index contributed by atoms with van der Waals surface area (Å²) in [5.41, 5.74) is 0.217. The first-order chi connectivity index (χ1) is 7.95. The van der Waals surface area contributed by atoms with Gasteiger partial charge in [0, 0.05) is 5.54 Å². The molecule has 2 rings (SSSR count). The van der Waals surface area contributed by atoms with Gasteiger partial charge < -0.3 is 9.73 Å². The molecule has 0 spiro atoms. The van der Waals surface area contributed by atoms with Crippen LogP contribution < -0.4 is 10.5 Å². The summed E-state index contributed by atoms with van der Waals surface area (Å²) in [4.78, 5) is 0. The fourth-order valence-corrected chi connectivity index (χ4v) is 2.62. The Morgan fingerprint density at radius 1 is 1.47 bits per heavy atom. The quantitative estimate of drug-likeness (QED) is 0.834. The number of primary sulfonamides is 1. The van der Waals surface area contributed by atoms with Gasteiger partial charge in [0.2, 0.25) is 5.09 Å². The molecule has 1 fully saturated rings. The van der Waals surface area contributed by atoms with Crippen LogP contribution in [0.25, 0.3) is 0 Å². The van der Waals surface area contributed by atoms with Gasteiger partial charge in [0.25, 0.3) is 10.0 Å². The van der Waals surface area contributed by atoms with Crippen LogP contribution in [-0.4, -0.2) is 14.0 Å². The Kier molecular flexibility index (Phi) is 3.29. The minimum atomic E-state index is -3.73. The normalized spacial score (nSPS) is 18.9. The first kappa shape index (κ1) is 12.6. The molecule has 1 aliphatic carbocycles. The van der Waals surface area contributed by atoms with Crippen LogP contribution in [0, 0.1) is 0 Å². The van der Waals surface area contributed by atoms with Crippen LogP contribution in [0.3, 0.4) is 0 Å². The van der Waals surface area contributed by atoms with Crippen molar-refractivity contribution >= 4 is 10.0 Å². The number of hydrogen-bond donors (Lipinski definition) is 2. The maximum atomic E-state index is 11.0. The van der Waals surface area contributed by atoms with E-state index in [1.807, 2.05) is 0 Å². The van der Waals surface area contributed by atoms with Crippen molar-refractivity contribution in [3.8, 4) is 0 Å². The predicted molar refractivity (Wildman–Crippen MR) is 63.8 cm³/mol. The van der Waals surface area contributed by atoms with Crippen molar-refractivity contribution in [3.63, 3.8) is 0 Å². The van der Waals surface area contributed by atoms with E-state index in [4.69, 9.17) is 9.56 Å². The molecule has 5 nitrogen and oxygen atoms in total. The van der Waals surface area contributed by atoms with Crippen LogP contribution in [0.4, 0.5) is 0 Å². The SMILES string of the molecule is CCC1(NCc2ccc(S(N)(=O)=O)o2)CCC1. The molecule has 0 saturated heterocycles. The minimum absolute atomic E-state index is 0.173. The van der Waals surface area contributed by atoms with Gasteiger partial charge in [-0.25, -0.2) is 13.6 Å². The van der Waals surface area contributed by atoms with Crippen LogP contribution in [0.1, 0.15) is 38.4 Å². The summed E-state index contributed by atoms with van der Waals surface area (Å²) in [5, 5.41) is 8.23. The molecule has 3 N–H and O–H groups in total. The lowest BCUT2D eigenvalue weighted by Gasteiger charge is -2.42. The Hall–Kier alpha value is -0.850. The fraction of sp³-hybridized carbons (Fsp3) is 0.636. The van der Waals surface area contributed by atoms with E-state index in [2.05, 4.69) is 12.2 Å². The molecular weight excluding hydrogens is 240 g/mol. The Balaban J connectivity index is 1.98.